The molecule has 0 bridgehead atoms. The van der Waals surface area contributed by atoms with Crippen molar-refractivity contribution in [2.75, 3.05) is 33.9 Å². The van der Waals surface area contributed by atoms with Crippen molar-refractivity contribution in [2.45, 2.75) is 44.9 Å². The number of likely N-dealkylation sites (tertiary alicyclic amines) is 1. The van der Waals surface area contributed by atoms with Crippen molar-refractivity contribution in [3.63, 3.8) is 0 Å². The molecule has 0 aromatic heterocycles. The molecule has 2 amide bonds. The fraction of sp³-hybridized carbons (Fsp3) is 0.565. The molecule has 0 spiro atoms. The van der Waals surface area contributed by atoms with Gasteiger partial charge in [0.25, 0.3) is 0 Å². The molecule has 1 aliphatic heterocycles. The molecule has 6 heteroatoms. The molecule has 1 aromatic carbocycles. The topological polar surface area (TPSA) is 67.9 Å². The van der Waals surface area contributed by atoms with Crippen LogP contribution in [0, 0.1) is 5.41 Å². The van der Waals surface area contributed by atoms with Gasteiger partial charge in [0.2, 0.25) is 11.8 Å². The molecule has 0 saturated carbocycles. The van der Waals surface area contributed by atoms with E-state index in [1.807, 2.05) is 29.2 Å². The van der Waals surface area contributed by atoms with Gasteiger partial charge in [-0.3, -0.25) is 9.59 Å². The minimum atomic E-state index is -0.129. The van der Waals surface area contributed by atoms with Crippen molar-refractivity contribution in [3.8, 4) is 5.75 Å². The molecule has 0 radical (unpaired) electrons. The van der Waals surface area contributed by atoms with Crippen LogP contribution >= 0.6 is 0 Å². The molecule has 29 heavy (non-hydrogen) atoms. The Kier molecular flexibility index (Phi) is 7.31. The third-order valence-corrected chi connectivity index (χ3v) is 6.09. The molecule has 6 nitrogen and oxygen atoms in total. The Morgan fingerprint density at radius 3 is 2.72 bits per heavy atom. The van der Waals surface area contributed by atoms with Gasteiger partial charge >= 0.3 is 0 Å². The molecule has 1 aromatic rings. The van der Waals surface area contributed by atoms with E-state index in [0.717, 1.165) is 42.7 Å². The minimum Gasteiger partial charge on any atom is -0.497 e. The molecule has 1 unspecified atom stereocenters. The Morgan fingerprint density at radius 1 is 1.21 bits per heavy atom. The predicted octanol–water partition coefficient (Wildman–Crippen LogP) is 3.07. The van der Waals surface area contributed by atoms with Gasteiger partial charge in [0.05, 0.1) is 13.7 Å². The number of hydrogen-bond acceptors (Lipinski definition) is 4. The predicted molar refractivity (Wildman–Crippen MR) is 112 cm³/mol. The van der Waals surface area contributed by atoms with E-state index < -0.39 is 0 Å². The first-order chi connectivity index (χ1) is 14.1. The van der Waals surface area contributed by atoms with E-state index in [0.29, 0.717) is 39.0 Å². The van der Waals surface area contributed by atoms with Gasteiger partial charge in [0.15, 0.2) is 0 Å². The van der Waals surface area contributed by atoms with Crippen molar-refractivity contribution in [1.29, 1.82) is 0 Å². The summed E-state index contributed by atoms with van der Waals surface area (Å²) in [6.45, 7) is 1.69. The summed E-state index contributed by atoms with van der Waals surface area (Å²) in [6, 6.07) is 7.82. The summed E-state index contributed by atoms with van der Waals surface area (Å²) in [5.74, 6) is 1.04. The average Bonchev–Trinajstić information content (AvgIpc) is 2.76. The van der Waals surface area contributed by atoms with Crippen molar-refractivity contribution >= 4 is 11.8 Å². The zero-order valence-electron chi connectivity index (χ0n) is 17.5. The largest absolute Gasteiger partial charge is 0.497 e. The zero-order chi connectivity index (χ0) is 20.7. The van der Waals surface area contributed by atoms with Gasteiger partial charge < -0.3 is 19.7 Å². The molecule has 1 fully saturated rings. The number of amides is 2. The monoisotopic (exact) mass is 400 g/mol. The van der Waals surface area contributed by atoms with Crippen LogP contribution in [0.3, 0.4) is 0 Å². The van der Waals surface area contributed by atoms with E-state index in [4.69, 9.17) is 9.47 Å². The molecule has 3 rings (SSSR count). The number of methoxy groups -OCH3 is 2. The van der Waals surface area contributed by atoms with Crippen LogP contribution in [0.2, 0.25) is 0 Å². The first kappa shape index (κ1) is 21.4. The maximum atomic E-state index is 12.5. The second kappa shape index (κ2) is 9.92. The maximum Gasteiger partial charge on any atom is 0.226 e. The molecule has 158 valence electrons. The van der Waals surface area contributed by atoms with E-state index in [1.165, 1.54) is 0 Å². The quantitative estimate of drug-likeness (QED) is 0.692. The third kappa shape index (κ3) is 5.18. The summed E-state index contributed by atoms with van der Waals surface area (Å²) in [5, 5.41) is 3.15. The maximum absolute atomic E-state index is 12.5. The summed E-state index contributed by atoms with van der Waals surface area (Å²) in [6.07, 6.45) is 7.77. The molecular weight excluding hydrogens is 368 g/mol. The first-order valence-corrected chi connectivity index (χ1v) is 10.5. The Bertz CT molecular complexity index is 744. The van der Waals surface area contributed by atoms with E-state index >= 15 is 0 Å². The lowest BCUT2D eigenvalue weighted by Gasteiger charge is -2.47. The summed E-state index contributed by atoms with van der Waals surface area (Å²) in [5.41, 5.74) is 2.08. The summed E-state index contributed by atoms with van der Waals surface area (Å²) in [4.78, 5) is 26.9. The van der Waals surface area contributed by atoms with Crippen LogP contribution in [0.5, 0.6) is 5.75 Å². The van der Waals surface area contributed by atoms with Gasteiger partial charge in [0.1, 0.15) is 5.75 Å². The minimum absolute atomic E-state index is 0.0560. The number of benzene rings is 1. The Hall–Kier alpha value is -2.34. The highest BCUT2D eigenvalue weighted by Crippen LogP contribution is 2.46. The number of carbonyl (C=O) groups excluding carboxylic acids is 2. The Labute approximate surface area is 173 Å². The van der Waals surface area contributed by atoms with Crippen LogP contribution < -0.4 is 10.1 Å². The second-order valence-corrected chi connectivity index (χ2v) is 7.92. The number of allylic oxidation sites excluding steroid dienone is 1. The zero-order valence-corrected chi connectivity index (χ0v) is 17.5. The highest BCUT2D eigenvalue weighted by molar-refractivity contribution is 5.80. The van der Waals surface area contributed by atoms with E-state index in [-0.39, 0.29) is 17.2 Å². The number of piperidine rings is 1. The summed E-state index contributed by atoms with van der Waals surface area (Å²) >= 11 is 0. The molecule has 1 N–H and O–H groups in total. The molecular formula is C23H32N2O4. The van der Waals surface area contributed by atoms with Crippen molar-refractivity contribution in [3.05, 3.63) is 41.6 Å². The average molecular weight is 401 g/mol. The number of aryl methyl sites for hydroxylation is 1. The lowest BCUT2D eigenvalue weighted by molar-refractivity contribution is -0.134. The van der Waals surface area contributed by atoms with E-state index in [2.05, 4.69) is 11.4 Å². The van der Waals surface area contributed by atoms with Gasteiger partial charge in [-0.25, -0.2) is 0 Å². The number of hydrogen-bond donors (Lipinski definition) is 1. The standard InChI is InChI=1S/C23H32N2O4/c1-28-16-15-25-20-5-3-4-13-23(20,14-12-22(25)27)17-24-21(26)11-8-18-6-9-19(29-2)10-7-18/h5-7,9-10H,3-4,8,11-17H2,1-2H3,(H,24,26). The third-order valence-electron chi connectivity index (χ3n) is 6.09. The molecule has 1 aliphatic carbocycles. The lowest BCUT2D eigenvalue weighted by Crippen LogP contribution is -2.51. The van der Waals surface area contributed by atoms with E-state index in [1.54, 1.807) is 14.2 Å². The molecule has 1 atom stereocenters. The number of fused-ring (bicyclic) bond motifs is 1. The lowest BCUT2D eigenvalue weighted by atomic mass is 9.69. The highest BCUT2D eigenvalue weighted by atomic mass is 16.5. The van der Waals surface area contributed by atoms with Crippen LogP contribution in [-0.2, 0) is 20.7 Å². The number of rotatable bonds is 9. The van der Waals surface area contributed by atoms with Gasteiger partial charge in [-0.2, -0.15) is 0 Å². The smallest absolute Gasteiger partial charge is 0.226 e. The van der Waals surface area contributed by atoms with Crippen molar-refractivity contribution in [2.24, 2.45) is 5.41 Å². The SMILES string of the molecule is COCCN1C(=O)CCC2(CNC(=O)CCc3ccc(OC)cc3)CCCC=C12. The Balaban J connectivity index is 1.58. The highest BCUT2D eigenvalue weighted by Gasteiger charge is 2.44. The molecule has 1 saturated heterocycles. The molecule has 2 aliphatic rings. The fourth-order valence-electron chi connectivity index (χ4n) is 4.39. The van der Waals surface area contributed by atoms with Gasteiger partial charge in [-0.1, -0.05) is 18.2 Å². The van der Waals surface area contributed by atoms with Crippen LogP contribution in [0.4, 0.5) is 0 Å². The number of ether oxygens (including phenoxy) is 2. The van der Waals surface area contributed by atoms with Crippen molar-refractivity contribution < 1.29 is 19.1 Å². The number of nitrogens with one attached hydrogen (secondary N) is 1. The molecule has 1 heterocycles. The van der Waals surface area contributed by atoms with E-state index in [9.17, 15) is 9.59 Å². The normalized spacial score (nSPS) is 21.4. The van der Waals surface area contributed by atoms with Gasteiger partial charge in [-0.15, -0.1) is 0 Å². The van der Waals surface area contributed by atoms with Crippen LogP contribution in [0.25, 0.3) is 0 Å². The van der Waals surface area contributed by atoms with Gasteiger partial charge in [0, 0.05) is 44.2 Å². The summed E-state index contributed by atoms with van der Waals surface area (Å²) < 4.78 is 10.4. The fourth-order valence-corrected chi connectivity index (χ4v) is 4.39. The second-order valence-electron chi connectivity index (χ2n) is 7.92. The number of carbonyl (C=O) groups is 2. The van der Waals surface area contributed by atoms with Crippen molar-refractivity contribution in [1.82, 2.24) is 10.2 Å². The van der Waals surface area contributed by atoms with Crippen LogP contribution in [-0.4, -0.2) is 50.6 Å². The Morgan fingerprint density at radius 2 is 2.00 bits per heavy atom. The number of nitrogens with zero attached hydrogens (tertiary/aromatic N) is 1. The van der Waals surface area contributed by atoms with Crippen LogP contribution in [0.1, 0.15) is 44.1 Å². The van der Waals surface area contributed by atoms with Gasteiger partial charge in [-0.05, 0) is 49.8 Å². The summed E-state index contributed by atoms with van der Waals surface area (Å²) in [7, 11) is 3.30. The first-order valence-electron chi connectivity index (χ1n) is 10.5. The van der Waals surface area contributed by atoms with Crippen LogP contribution in [0.15, 0.2) is 36.0 Å².